The highest BCUT2D eigenvalue weighted by atomic mass is 16.6. The molecule has 1 fully saturated rings. The Morgan fingerprint density at radius 3 is 2.80 bits per heavy atom. The van der Waals surface area contributed by atoms with Crippen molar-refractivity contribution >= 4 is 23.0 Å². The molecule has 0 aliphatic carbocycles. The van der Waals surface area contributed by atoms with Crippen LogP contribution in [0.4, 0.5) is 4.79 Å². The lowest BCUT2D eigenvalue weighted by atomic mass is 9.97. The smallest absolute Gasteiger partial charge is 0.415 e. The first kappa shape index (κ1) is 21.8. The van der Waals surface area contributed by atoms with Crippen LogP contribution in [-0.4, -0.2) is 57.8 Å². The van der Waals surface area contributed by atoms with Gasteiger partial charge in [0.05, 0.1) is 29.0 Å². The van der Waals surface area contributed by atoms with Crippen molar-refractivity contribution in [1.29, 1.82) is 0 Å². The Morgan fingerprint density at radius 1 is 1.23 bits per heavy atom. The summed E-state index contributed by atoms with van der Waals surface area (Å²) in [7, 11) is 0. The molecule has 0 spiro atoms. The molecule has 0 saturated carbocycles. The van der Waals surface area contributed by atoms with E-state index in [0.717, 1.165) is 29.6 Å². The summed E-state index contributed by atoms with van der Waals surface area (Å²) in [5, 5.41) is 14.4. The Morgan fingerprint density at radius 2 is 2.03 bits per heavy atom. The van der Waals surface area contributed by atoms with Crippen LogP contribution in [0.25, 0.3) is 22.3 Å². The number of esters is 1. The molecule has 1 saturated heterocycles. The third-order valence-electron chi connectivity index (χ3n) is 6.98. The molecule has 3 aromatic rings. The van der Waals surface area contributed by atoms with Crippen molar-refractivity contribution in [3.8, 4) is 17.1 Å². The molecule has 1 atom stereocenters. The Kier molecular flexibility index (Phi) is 5.08. The van der Waals surface area contributed by atoms with Gasteiger partial charge in [0, 0.05) is 42.7 Å². The van der Waals surface area contributed by atoms with Gasteiger partial charge in [-0.15, -0.1) is 0 Å². The SMILES string of the molecule is CCc1c2c(nc3ccc(OC(=O)N4CCNCC4)cc13)-c1cc3c(c(=O)n1C2)COC(=O)[C@H]3O. The Bertz CT molecular complexity index is 1460. The molecular weight excluding hydrogens is 452 g/mol. The second-order valence-corrected chi connectivity index (χ2v) is 8.92. The number of nitrogens with one attached hydrogen (secondary N) is 1. The number of pyridine rings is 2. The maximum atomic E-state index is 13.2. The summed E-state index contributed by atoms with van der Waals surface area (Å²) in [6, 6.07) is 7.03. The topological polar surface area (TPSA) is 123 Å². The fraction of sp³-hybridized carbons (Fsp3) is 0.360. The molecule has 0 bridgehead atoms. The standard InChI is InChI=1S/C25H24N4O6/c1-2-14-15-9-13(35-25(33)28-7-5-26-6-8-28)3-4-19(15)27-21-17(14)11-29-20(21)10-16-18(23(29)31)12-34-24(32)22(16)30/h3-4,9-10,22,26,30H,2,5-8,11-12H2,1H3/t22-/m0/s1. The number of carbonyl (C=O) groups excluding carboxylic acids is 2. The lowest BCUT2D eigenvalue weighted by molar-refractivity contribution is -0.157. The molecule has 5 heterocycles. The highest BCUT2D eigenvalue weighted by molar-refractivity contribution is 5.90. The third kappa shape index (κ3) is 3.40. The fourth-order valence-electron chi connectivity index (χ4n) is 5.17. The van der Waals surface area contributed by atoms with Gasteiger partial charge in [0.25, 0.3) is 5.56 Å². The molecule has 0 radical (unpaired) electrons. The van der Waals surface area contributed by atoms with Crippen LogP contribution in [0, 0.1) is 0 Å². The average molecular weight is 476 g/mol. The van der Waals surface area contributed by atoms with Gasteiger partial charge in [0.2, 0.25) is 0 Å². The van der Waals surface area contributed by atoms with Crippen LogP contribution < -0.4 is 15.6 Å². The lowest BCUT2D eigenvalue weighted by Gasteiger charge is -2.26. The van der Waals surface area contributed by atoms with E-state index in [1.165, 1.54) is 0 Å². The van der Waals surface area contributed by atoms with Crippen molar-refractivity contribution < 1.29 is 24.2 Å². The molecule has 1 amide bonds. The zero-order chi connectivity index (χ0) is 24.3. The van der Waals surface area contributed by atoms with Crippen LogP contribution in [0.1, 0.15) is 35.3 Å². The van der Waals surface area contributed by atoms with Crippen molar-refractivity contribution in [2.45, 2.75) is 32.6 Å². The summed E-state index contributed by atoms with van der Waals surface area (Å²) < 4.78 is 12.2. The van der Waals surface area contributed by atoms with Crippen molar-refractivity contribution in [3.63, 3.8) is 0 Å². The first-order valence-corrected chi connectivity index (χ1v) is 11.7. The molecule has 35 heavy (non-hydrogen) atoms. The van der Waals surface area contributed by atoms with E-state index in [9.17, 15) is 19.5 Å². The predicted molar refractivity (Wildman–Crippen MR) is 125 cm³/mol. The van der Waals surface area contributed by atoms with Gasteiger partial charge in [0.1, 0.15) is 12.4 Å². The molecule has 10 nitrogen and oxygen atoms in total. The zero-order valence-corrected chi connectivity index (χ0v) is 19.2. The molecule has 180 valence electrons. The minimum absolute atomic E-state index is 0.154. The van der Waals surface area contributed by atoms with Crippen molar-refractivity contribution in [1.82, 2.24) is 19.8 Å². The first-order valence-electron chi connectivity index (χ1n) is 11.7. The second-order valence-electron chi connectivity index (χ2n) is 8.92. The number of piperazine rings is 1. The Hall–Kier alpha value is -3.76. The van der Waals surface area contributed by atoms with Crippen LogP contribution >= 0.6 is 0 Å². The molecule has 2 N–H and O–H groups in total. The first-order chi connectivity index (χ1) is 17.0. The normalized spacial score (nSPS) is 18.6. The number of benzene rings is 1. The van der Waals surface area contributed by atoms with Crippen molar-refractivity contribution in [2.75, 3.05) is 26.2 Å². The number of nitrogens with zero attached hydrogens (tertiary/aromatic N) is 3. The van der Waals surface area contributed by atoms with Crippen LogP contribution in [0.3, 0.4) is 0 Å². The summed E-state index contributed by atoms with van der Waals surface area (Å²) in [5.41, 5.74) is 4.14. The zero-order valence-electron chi connectivity index (χ0n) is 19.2. The molecule has 3 aliphatic heterocycles. The summed E-state index contributed by atoms with van der Waals surface area (Å²) in [4.78, 5) is 44.2. The maximum absolute atomic E-state index is 13.2. The van der Waals surface area contributed by atoms with E-state index in [1.807, 2.05) is 13.0 Å². The van der Waals surface area contributed by atoms with Gasteiger partial charge in [-0.1, -0.05) is 6.92 Å². The number of aryl methyl sites for hydroxylation is 1. The van der Waals surface area contributed by atoms with Gasteiger partial charge >= 0.3 is 12.1 Å². The summed E-state index contributed by atoms with van der Waals surface area (Å²) >= 11 is 0. The number of rotatable bonds is 2. The number of cyclic esters (lactones) is 1. The van der Waals surface area contributed by atoms with Crippen LogP contribution in [0.2, 0.25) is 0 Å². The number of aliphatic hydroxyl groups is 1. The van der Waals surface area contributed by atoms with E-state index in [0.29, 0.717) is 54.3 Å². The lowest BCUT2D eigenvalue weighted by Crippen LogP contribution is -2.47. The van der Waals surface area contributed by atoms with E-state index in [1.54, 1.807) is 27.7 Å². The van der Waals surface area contributed by atoms with Gasteiger partial charge in [0.15, 0.2) is 6.10 Å². The van der Waals surface area contributed by atoms with Crippen molar-refractivity contribution in [2.24, 2.45) is 0 Å². The number of amides is 1. The molecule has 1 aromatic carbocycles. The van der Waals surface area contributed by atoms with E-state index in [2.05, 4.69) is 5.32 Å². The van der Waals surface area contributed by atoms with E-state index < -0.39 is 12.1 Å². The van der Waals surface area contributed by atoms with E-state index >= 15 is 0 Å². The molecule has 6 rings (SSSR count). The van der Waals surface area contributed by atoms with Gasteiger partial charge in [-0.3, -0.25) is 4.79 Å². The van der Waals surface area contributed by atoms with E-state index in [-0.39, 0.29) is 23.8 Å². The quantitative estimate of drug-likeness (QED) is 0.417. The number of ether oxygens (including phenoxy) is 2. The predicted octanol–water partition coefficient (Wildman–Crippen LogP) is 1.48. The number of hydrogen-bond acceptors (Lipinski definition) is 8. The minimum Gasteiger partial charge on any atom is -0.458 e. The van der Waals surface area contributed by atoms with Gasteiger partial charge in [-0.05, 0) is 36.2 Å². The monoisotopic (exact) mass is 476 g/mol. The third-order valence-corrected chi connectivity index (χ3v) is 6.98. The van der Waals surface area contributed by atoms with E-state index in [4.69, 9.17) is 14.5 Å². The summed E-state index contributed by atoms with van der Waals surface area (Å²) in [6.45, 7) is 4.89. The van der Waals surface area contributed by atoms with Crippen molar-refractivity contribution in [3.05, 3.63) is 56.9 Å². The van der Waals surface area contributed by atoms with Gasteiger partial charge in [-0.2, -0.15) is 0 Å². The van der Waals surface area contributed by atoms with Gasteiger partial charge in [-0.25, -0.2) is 14.6 Å². The maximum Gasteiger partial charge on any atom is 0.415 e. The molecule has 2 aromatic heterocycles. The van der Waals surface area contributed by atoms with Crippen LogP contribution in [-0.2, 0) is 29.1 Å². The molecule has 10 heteroatoms. The number of carbonyl (C=O) groups is 2. The highest BCUT2D eigenvalue weighted by Gasteiger charge is 2.34. The van der Waals surface area contributed by atoms with Crippen LogP contribution in [0.15, 0.2) is 29.1 Å². The second kappa shape index (κ2) is 8.17. The fourth-order valence-corrected chi connectivity index (χ4v) is 5.17. The molecular formula is C25H24N4O6. The molecule has 0 unspecified atom stereocenters. The number of hydrogen-bond donors (Lipinski definition) is 2. The minimum atomic E-state index is -1.49. The number of aromatic nitrogens is 2. The summed E-state index contributed by atoms with van der Waals surface area (Å²) in [6.07, 6.45) is -1.18. The van der Waals surface area contributed by atoms with Crippen LogP contribution in [0.5, 0.6) is 5.75 Å². The Balaban J connectivity index is 1.42. The largest absolute Gasteiger partial charge is 0.458 e. The highest BCUT2D eigenvalue weighted by Crippen LogP contribution is 2.38. The molecule has 3 aliphatic rings. The number of fused-ring (bicyclic) bond motifs is 5. The average Bonchev–Trinajstić information content (AvgIpc) is 3.24. The van der Waals surface area contributed by atoms with Gasteiger partial charge < -0.3 is 29.4 Å². The Labute approximate surface area is 200 Å². The number of aliphatic hydroxyl groups excluding tert-OH is 1. The summed E-state index contributed by atoms with van der Waals surface area (Å²) in [5.74, 6) is -0.317.